The fourth-order valence-electron chi connectivity index (χ4n) is 1.48. The maximum absolute atomic E-state index is 5.65. The Balaban J connectivity index is 3.65. The van der Waals surface area contributed by atoms with Crippen LogP contribution < -0.4 is 11.1 Å². The molecule has 0 saturated heterocycles. The second-order valence-corrected chi connectivity index (χ2v) is 3.40. The Kier molecular flexibility index (Phi) is 7.51. The fourth-order valence-corrected chi connectivity index (χ4v) is 1.48. The molecule has 0 aliphatic carbocycles. The van der Waals surface area contributed by atoms with Crippen LogP contribution in [0.25, 0.3) is 0 Å². The van der Waals surface area contributed by atoms with E-state index in [0.29, 0.717) is 12.1 Å². The number of nitrogens with two attached hydrogens (primary N) is 1. The molecule has 0 aromatic heterocycles. The first-order chi connectivity index (χ1) is 5.78. The van der Waals surface area contributed by atoms with E-state index in [4.69, 9.17) is 5.73 Å². The number of rotatable bonds is 7. The first-order valence-electron chi connectivity index (χ1n) is 5.24. The highest BCUT2D eigenvalue weighted by atomic mass is 15.0. The summed E-state index contributed by atoms with van der Waals surface area (Å²) < 4.78 is 0. The number of hydrogen-bond acceptors (Lipinski definition) is 2. The van der Waals surface area contributed by atoms with E-state index in [9.17, 15) is 0 Å². The van der Waals surface area contributed by atoms with Gasteiger partial charge in [-0.3, -0.25) is 0 Å². The molecule has 1 atom stereocenters. The minimum Gasteiger partial charge on any atom is -0.329 e. The minimum atomic E-state index is 0.528. The third-order valence-electron chi connectivity index (χ3n) is 2.38. The molecule has 0 heterocycles. The summed E-state index contributed by atoms with van der Waals surface area (Å²) >= 11 is 0. The average Bonchev–Trinajstić information content (AvgIpc) is 2.12. The van der Waals surface area contributed by atoms with E-state index in [0.717, 1.165) is 6.54 Å². The van der Waals surface area contributed by atoms with Crippen molar-refractivity contribution in [2.45, 2.75) is 58.5 Å². The van der Waals surface area contributed by atoms with Crippen molar-refractivity contribution in [1.29, 1.82) is 0 Å². The molecular formula is C10H24N2. The van der Waals surface area contributed by atoms with Gasteiger partial charge in [0.05, 0.1) is 0 Å². The highest BCUT2D eigenvalue weighted by Gasteiger charge is 2.09. The lowest BCUT2D eigenvalue weighted by atomic mass is 10.1. The van der Waals surface area contributed by atoms with Crippen LogP contribution in [0.2, 0.25) is 0 Å². The van der Waals surface area contributed by atoms with Crippen LogP contribution in [0.3, 0.4) is 0 Å². The predicted octanol–water partition coefficient (Wildman–Crippen LogP) is 1.89. The van der Waals surface area contributed by atoms with Gasteiger partial charge in [0.2, 0.25) is 0 Å². The second-order valence-electron chi connectivity index (χ2n) is 3.40. The first kappa shape index (κ1) is 11.9. The molecule has 2 nitrogen and oxygen atoms in total. The molecule has 1 unspecified atom stereocenters. The minimum absolute atomic E-state index is 0.528. The summed E-state index contributed by atoms with van der Waals surface area (Å²) in [5.41, 5.74) is 5.65. The Morgan fingerprint density at radius 2 is 1.67 bits per heavy atom. The molecule has 0 aliphatic heterocycles. The quantitative estimate of drug-likeness (QED) is 0.615. The maximum Gasteiger partial charge on any atom is 0.0192 e. The standard InChI is InChI=1S/C10H24N2/c1-4-7-10(8-11)12-9(5-2)6-3/h9-10,12H,4-8,11H2,1-3H3. The van der Waals surface area contributed by atoms with Gasteiger partial charge in [-0.1, -0.05) is 27.2 Å². The van der Waals surface area contributed by atoms with Gasteiger partial charge in [-0.2, -0.15) is 0 Å². The van der Waals surface area contributed by atoms with Crippen LogP contribution in [0, 0.1) is 0 Å². The topological polar surface area (TPSA) is 38.0 Å². The normalized spacial score (nSPS) is 13.8. The summed E-state index contributed by atoms with van der Waals surface area (Å²) in [5, 5.41) is 3.58. The Bertz CT molecular complexity index is 89.8. The SMILES string of the molecule is CCCC(CN)NC(CC)CC. The molecule has 0 spiro atoms. The zero-order valence-electron chi connectivity index (χ0n) is 8.77. The fraction of sp³-hybridized carbons (Fsp3) is 1.00. The second kappa shape index (κ2) is 7.56. The summed E-state index contributed by atoms with van der Waals surface area (Å²) in [4.78, 5) is 0. The molecule has 0 rings (SSSR count). The van der Waals surface area contributed by atoms with Crippen molar-refractivity contribution in [3.8, 4) is 0 Å². The molecule has 0 amide bonds. The van der Waals surface area contributed by atoms with Gasteiger partial charge in [-0.05, 0) is 19.3 Å². The van der Waals surface area contributed by atoms with Gasteiger partial charge in [0, 0.05) is 18.6 Å². The van der Waals surface area contributed by atoms with E-state index in [-0.39, 0.29) is 0 Å². The molecule has 0 aromatic carbocycles. The molecule has 0 aromatic rings. The van der Waals surface area contributed by atoms with Crippen molar-refractivity contribution in [2.75, 3.05) is 6.54 Å². The Labute approximate surface area is 76.9 Å². The predicted molar refractivity (Wildman–Crippen MR) is 55.3 cm³/mol. The lowest BCUT2D eigenvalue weighted by molar-refractivity contribution is 0.392. The molecule has 0 fully saturated rings. The van der Waals surface area contributed by atoms with E-state index >= 15 is 0 Å². The first-order valence-corrected chi connectivity index (χ1v) is 5.24. The molecule has 0 saturated carbocycles. The summed E-state index contributed by atoms with van der Waals surface area (Å²) in [6, 6.07) is 1.19. The lowest BCUT2D eigenvalue weighted by Crippen LogP contribution is -2.42. The highest BCUT2D eigenvalue weighted by molar-refractivity contribution is 4.72. The molecule has 0 bridgehead atoms. The molecule has 12 heavy (non-hydrogen) atoms. The van der Waals surface area contributed by atoms with Crippen LogP contribution in [0.4, 0.5) is 0 Å². The van der Waals surface area contributed by atoms with E-state index in [1.165, 1.54) is 25.7 Å². The van der Waals surface area contributed by atoms with Crippen LogP contribution in [0.1, 0.15) is 46.5 Å². The monoisotopic (exact) mass is 172 g/mol. The summed E-state index contributed by atoms with van der Waals surface area (Å²) in [5.74, 6) is 0. The average molecular weight is 172 g/mol. The Morgan fingerprint density at radius 1 is 1.08 bits per heavy atom. The van der Waals surface area contributed by atoms with Gasteiger partial charge < -0.3 is 11.1 Å². The Morgan fingerprint density at radius 3 is 2.00 bits per heavy atom. The van der Waals surface area contributed by atoms with Gasteiger partial charge in [0.25, 0.3) is 0 Å². The Hall–Kier alpha value is -0.0800. The van der Waals surface area contributed by atoms with E-state index in [2.05, 4.69) is 26.1 Å². The molecule has 2 heteroatoms. The molecule has 3 N–H and O–H groups in total. The van der Waals surface area contributed by atoms with Gasteiger partial charge in [-0.15, -0.1) is 0 Å². The molecule has 0 aliphatic rings. The van der Waals surface area contributed by atoms with Crippen molar-refractivity contribution in [3.63, 3.8) is 0 Å². The van der Waals surface area contributed by atoms with E-state index in [1.807, 2.05) is 0 Å². The van der Waals surface area contributed by atoms with Gasteiger partial charge in [0.1, 0.15) is 0 Å². The third kappa shape index (κ3) is 4.73. The van der Waals surface area contributed by atoms with Crippen LogP contribution in [0.15, 0.2) is 0 Å². The van der Waals surface area contributed by atoms with Crippen molar-refractivity contribution >= 4 is 0 Å². The number of nitrogens with one attached hydrogen (secondary N) is 1. The lowest BCUT2D eigenvalue weighted by Gasteiger charge is -2.22. The molecular weight excluding hydrogens is 148 g/mol. The van der Waals surface area contributed by atoms with Crippen molar-refractivity contribution < 1.29 is 0 Å². The zero-order chi connectivity index (χ0) is 9.40. The number of hydrogen-bond donors (Lipinski definition) is 2. The van der Waals surface area contributed by atoms with Crippen molar-refractivity contribution in [2.24, 2.45) is 5.73 Å². The highest BCUT2D eigenvalue weighted by Crippen LogP contribution is 2.01. The van der Waals surface area contributed by atoms with Gasteiger partial charge in [0.15, 0.2) is 0 Å². The summed E-state index contributed by atoms with van der Waals surface area (Å²) in [6.07, 6.45) is 4.83. The van der Waals surface area contributed by atoms with Gasteiger partial charge >= 0.3 is 0 Å². The van der Waals surface area contributed by atoms with Crippen molar-refractivity contribution in [3.05, 3.63) is 0 Å². The van der Waals surface area contributed by atoms with Crippen LogP contribution in [-0.2, 0) is 0 Å². The largest absolute Gasteiger partial charge is 0.329 e. The molecule has 0 radical (unpaired) electrons. The summed E-state index contributed by atoms with van der Waals surface area (Å²) in [7, 11) is 0. The van der Waals surface area contributed by atoms with Crippen LogP contribution in [-0.4, -0.2) is 18.6 Å². The maximum atomic E-state index is 5.65. The smallest absolute Gasteiger partial charge is 0.0192 e. The van der Waals surface area contributed by atoms with Crippen LogP contribution in [0.5, 0.6) is 0 Å². The molecule has 74 valence electrons. The third-order valence-corrected chi connectivity index (χ3v) is 2.38. The van der Waals surface area contributed by atoms with E-state index < -0.39 is 0 Å². The van der Waals surface area contributed by atoms with Gasteiger partial charge in [-0.25, -0.2) is 0 Å². The van der Waals surface area contributed by atoms with Crippen LogP contribution >= 0.6 is 0 Å². The van der Waals surface area contributed by atoms with Crippen molar-refractivity contribution in [1.82, 2.24) is 5.32 Å². The zero-order valence-corrected chi connectivity index (χ0v) is 8.77. The summed E-state index contributed by atoms with van der Waals surface area (Å²) in [6.45, 7) is 7.42. The van der Waals surface area contributed by atoms with E-state index in [1.54, 1.807) is 0 Å².